The number of urea groups is 1. The van der Waals surface area contributed by atoms with E-state index in [0.29, 0.717) is 11.3 Å². The lowest BCUT2D eigenvalue weighted by atomic mass is 9.60. The molecule has 2 unspecified atom stereocenters. The van der Waals surface area contributed by atoms with Gasteiger partial charge in [-0.15, -0.1) is 6.58 Å². The smallest absolute Gasteiger partial charge is 0.312 e. The van der Waals surface area contributed by atoms with Gasteiger partial charge in [0.2, 0.25) is 0 Å². The van der Waals surface area contributed by atoms with E-state index in [4.69, 9.17) is 5.73 Å². The molecule has 1 heterocycles. The number of primary amides is 1. The fourth-order valence-corrected chi connectivity index (χ4v) is 3.87. The Bertz CT molecular complexity index is 302. The molecule has 0 bridgehead atoms. The minimum absolute atomic E-state index is 0.00611. The summed E-state index contributed by atoms with van der Waals surface area (Å²) in [5.41, 5.74) is 5.66. The van der Waals surface area contributed by atoms with Crippen LogP contribution in [0.2, 0.25) is 0 Å². The number of hydrogen-bond donors (Lipinski definition) is 3. The third kappa shape index (κ3) is 2.69. The van der Waals surface area contributed by atoms with Gasteiger partial charge in [-0.25, -0.2) is 4.79 Å². The summed E-state index contributed by atoms with van der Waals surface area (Å²) in [4.78, 5) is 11.1. The van der Waals surface area contributed by atoms with Crippen molar-refractivity contribution in [1.82, 2.24) is 10.6 Å². The van der Waals surface area contributed by atoms with Crippen LogP contribution < -0.4 is 16.4 Å². The summed E-state index contributed by atoms with van der Waals surface area (Å²) >= 11 is 0. The summed E-state index contributed by atoms with van der Waals surface area (Å²) in [5.74, 6) is 0.427. The van der Waals surface area contributed by atoms with Crippen molar-refractivity contribution < 1.29 is 4.79 Å². The van der Waals surface area contributed by atoms with Crippen LogP contribution in [0.4, 0.5) is 4.79 Å². The molecule has 1 saturated carbocycles. The number of nitrogens with two attached hydrogens (primary N) is 1. The number of amides is 2. The number of carbonyl (C=O) groups is 1. The molecular weight excluding hydrogens is 226 g/mol. The minimum Gasteiger partial charge on any atom is -0.352 e. The SMILES string of the molecule is C=CC(NC(N)=O)C1CNCCC12CCCCC2. The van der Waals surface area contributed by atoms with E-state index < -0.39 is 6.03 Å². The van der Waals surface area contributed by atoms with Gasteiger partial charge in [0.05, 0.1) is 6.04 Å². The Labute approximate surface area is 109 Å². The quantitative estimate of drug-likeness (QED) is 0.669. The van der Waals surface area contributed by atoms with Crippen LogP contribution in [0.5, 0.6) is 0 Å². The molecule has 2 fully saturated rings. The van der Waals surface area contributed by atoms with Crippen molar-refractivity contribution in [2.24, 2.45) is 17.1 Å². The number of rotatable bonds is 3. The molecule has 18 heavy (non-hydrogen) atoms. The van der Waals surface area contributed by atoms with Gasteiger partial charge in [0.25, 0.3) is 0 Å². The first kappa shape index (κ1) is 13.4. The van der Waals surface area contributed by atoms with E-state index >= 15 is 0 Å². The molecule has 1 aliphatic heterocycles. The van der Waals surface area contributed by atoms with Gasteiger partial charge in [0.1, 0.15) is 0 Å². The van der Waals surface area contributed by atoms with Crippen LogP contribution in [0.25, 0.3) is 0 Å². The summed E-state index contributed by atoms with van der Waals surface area (Å²) in [6.07, 6.45) is 9.60. The van der Waals surface area contributed by atoms with Crippen LogP contribution in [0.15, 0.2) is 12.7 Å². The molecule has 2 aliphatic rings. The van der Waals surface area contributed by atoms with E-state index in [1.807, 2.05) is 6.08 Å². The van der Waals surface area contributed by atoms with E-state index in [1.165, 1.54) is 38.5 Å². The van der Waals surface area contributed by atoms with Crippen LogP contribution in [0.3, 0.4) is 0 Å². The van der Waals surface area contributed by atoms with Crippen molar-refractivity contribution >= 4 is 6.03 Å². The highest BCUT2D eigenvalue weighted by Crippen LogP contribution is 2.47. The predicted molar refractivity (Wildman–Crippen MR) is 73.2 cm³/mol. The first-order chi connectivity index (χ1) is 8.68. The summed E-state index contributed by atoms with van der Waals surface area (Å²) in [7, 11) is 0. The normalized spacial score (nSPS) is 28.6. The maximum Gasteiger partial charge on any atom is 0.312 e. The van der Waals surface area contributed by atoms with Gasteiger partial charge in [-0.3, -0.25) is 0 Å². The summed E-state index contributed by atoms with van der Waals surface area (Å²) in [6, 6.07) is -0.454. The summed E-state index contributed by atoms with van der Waals surface area (Å²) in [6.45, 7) is 5.92. The minimum atomic E-state index is -0.448. The van der Waals surface area contributed by atoms with Gasteiger partial charge >= 0.3 is 6.03 Å². The number of carbonyl (C=O) groups excluding carboxylic acids is 1. The lowest BCUT2D eigenvalue weighted by Crippen LogP contribution is -2.55. The van der Waals surface area contributed by atoms with E-state index in [-0.39, 0.29) is 6.04 Å². The Kier molecular flexibility index (Phi) is 4.27. The van der Waals surface area contributed by atoms with Crippen molar-refractivity contribution in [3.8, 4) is 0 Å². The highest BCUT2D eigenvalue weighted by Gasteiger charge is 2.44. The molecule has 4 nitrogen and oxygen atoms in total. The highest BCUT2D eigenvalue weighted by molar-refractivity contribution is 5.72. The van der Waals surface area contributed by atoms with E-state index in [9.17, 15) is 4.79 Å². The molecule has 0 aromatic carbocycles. The zero-order valence-corrected chi connectivity index (χ0v) is 11.1. The van der Waals surface area contributed by atoms with Gasteiger partial charge < -0.3 is 16.4 Å². The molecule has 102 valence electrons. The molecular formula is C14H25N3O. The molecule has 0 aromatic rings. The Morgan fingerprint density at radius 2 is 2.11 bits per heavy atom. The van der Waals surface area contributed by atoms with Crippen LogP contribution in [0.1, 0.15) is 38.5 Å². The Hall–Kier alpha value is -1.03. The van der Waals surface area contributed by atoms with Crippen molar-refractivity contribution in [3.63, 3.8) is 0 Å². The zero-order chi connectivity index (χ0) is 13.0. The molecule has 0 aromatic heterocycles. The Morgan fingerprint density at radius 1 is 1.39 bits per heavy atom. The third-order valence-electron chi connectivity index (χ3n) is 4.80. The standard InChI is InChI=1S/C14H25N3O/c1-2-12(17-13(15)18)11-10-16-9-8-14(11)6-4-3-5-7-14/h2,11-12,16H,1,3-10H2,(H3,15,17,18). The highest BCUT2D eigenvalue weighted by atomic mass is 16.2. The van der Waals surface area contributed by atoms with Crippen molar-refractivity contribution in [1.29, 1.82) is 0 Å². The molecule has 1 aliphatic carbocycles. The average molecular weight is 251 g/mol. The number of nitrogens with one attached hydrogen (secondary N) is 2. The summed E-state index contributed by atoms with van der Waals surface area (Å²) in [5, 5.41) is 6.31. The fourth-order valence-electron chi connectivity index (χ4n) is 3.87. The molecule has 0 radical (unpaired) electrons. The van der Waals surface area contributed by atoms with Crippen LogP contribution in [0, 0.1) is 11.3 Å². The Morgan fingerprint density at radius 3 is 2.72 bits per heavy atom. The van der Waals surface area contributed by atoms with Crippen LogP contribution >= 0.6 is 0 Å². The second-order valence-electron chi connectivity index (χ2n) is 5.75. The van der Waals surface area contributed by atoms with Crippen LogP contribution in [-0.2, 0) is 0 Å². The van der Waals surface area contributed by atoms with Gasteiger partial charge in [0.15, 0.2) is 0 Å². The Balaban J connectivity index is 2.15. The molecule has 4 heteroatoms. The van der Waals surface area contributed by atoms with Crippen molar-refractivity contribution in [2.45, 2.75) is 44.6 Å². The largest absolute Gasteiger partial charge is 0.352 e. The monoisotopic (exact) mass is 251 g/mol. The van der Waals surface area contributed by atoms with Gasteiger partial charge in [-0.2, -0.15) is 0 Å². The van der Waals surface area contributed by atoms with E-state index in [1.54, 1.807) is 0 Å². The molecule has 1 saturated heterocycles. The third-order valence-corrected chi connectivity index (χ3v) is 4.80. The molecule has 1 spiro atoms. The molecule has 2 atom stereocenters. The lowest BCUT2D eigenvalue weighted by Gasteiger charge is -2.49. The maximum atomic E-state index is 11.1. The number of hydrogen-bond acceptors (Lipinski definition) is 2. The van der Waals surface area contributed by atoms with Crippen molar-refractivity contribution in [2.75, 3.05) is 13.1 Å². The maximum absolute atomic E-state index is 11.1. The second kappa shape index (κ2) is 5.74. The second-order valence-corrected chi connectivity index (χ2v) is 5.75. The zero-order valence-electron chi connectivity index (χ0n) is 11.1. The van der Waals surface area contributed by atoms with Gasteiger partial charge in [-0.1, -0.05) is 25.3 Å². The molecule has 4 N–H and O–H groups in total. The van der Waals surface area contributed by atoms with Gasteiger partial charge in [0, 0.05) is 12.5 Å². The fraction of sp³-hybridized carbons (Fsp3) is 0.786. The number of piperidine rings is 1. The topological polar surface area (TPSA) is 67.1 Å². The van der Waals surface area contributed by atoms with E-state index in [0.717, 1.165) is 13.1 Å². The first-order valence-corrected chi connectivity index (χ1v) is 7.07. The molecule has 2 amide bonds. The first-order valence-electron chi connectivity index (χ1n) is 7.07. The van der Waals surface area contributed by atoms with E-state index in [2.05, 4.69) is 17.2 Å². The average Bonchev–Trinajstić information content (AvgIpc) is 2.38. The van der Waals surface area contributed by atoms with Crippen molar-refractivity contribution in [3.05, 3.63) is 12.7 Å². The molecule has 2 rings (SSSR count). The van der Waals surface area contributed by atoms with Crippen LogP contribution in [-0.4, -0.2) is 25.2 Å². The predicted octanol–water partition coefficient (Wildman–Crippen LogP) is 1.77. The lowest BCUT2D eigenvalue weighted by molar-refractivity contribution is 0.0467. The van der Waals surface area contributed by atoms with Gasteiger partial charge in [-0.05, 0) is 31.2 Å². The summed E-state index contributed by atoms with van der Waals surface area (Å²) < 4.78 is 0.